The minimum atomic E-state index is -0.813. The lowest BCUT2D eigenvalue weighted by Crippen LogP contribution is -2.39. The molecule has 2 amide bonds. The first kappa shape index (κ1) is 22.1. The van der Waals surface area contributed by atoms with E-state index in [4.69, 9.17) is 33.2 Å². The summed E-state index contributed by atoms with van der Waals surface area (Å²) in [5.41, 5.74) is 0.406. The second-order valence-electron chi connectivity index (χ2n) is 5.66. The van der Waals surface area contributed by atoms with E-state index >= 15 is 0 Å². The van der Waals surface area contributed by atoms with Gasteiger partial charge >= 0.3 is 5.97 Å². The molecule has 0 radical (unpaired) electrons. The molecule has 150 valence electrons. The lowest BCUT2D eigenvalue weighted by Gasteiger charge is -2.09. The lowest BCUT2D eigenvalue weighted by molar-refractivity contribution is -0.145. The van der Waals surface area contributed by atoms with Crippen LogP contribution in [0.3, 0.4) is 0 Å². The number of amides is 2. The third kappa shape index (κ3) is 6.75. The number of nitrogens with zero attached hydrogens (tertiary/aromatic N) is 1. The second kappa shape index (κ2) is 10.4. The van der Waals surface area contributed by atoms with Gasteiger partial charge in [-0.2, -0.15) is 5.26 Å². The van der Waals surface area contributed by atoms with Gasteiger partial charge in [-0.25, -0.2) is 4.39 Å². The van der Waals surface area contributed by atoms with Crippen LogP contribution in [0.1, 0.15) is 21.5 Å². The van der Waals surface area contributed by atoms with E-state index in [1.807, 2.05) is 6.07 Å². The van der Waals surface area contributed by atoms with Gasteiger partial charge in [0.15, 0.2) is 0 Å². The van der Waals surface area contributed by atoms with Crippen molar-refractivity contribution in [1.82, 2.24) is 10.6 Å². The Kier molecular flexibility index (Phi) is 7.95. The van der Waals surface area contributed by atoms with Crippen LogP contribution in [0, 0.1) is 17.1 Å². The Morgan fingerprint density at radius 2 is 1.83 bits per heavy atom. The van der Waals surface area contributed by atoms with Crippen LogP contribution in [0.5, 0.6) is 0 Å². The number of esters is 1. The number of nitrogens with one attached hydrogen (secondary N) is 2. The highest BCUT2D eigenvalue weighted by molar-refractivity contribution is 6.36. The van der Waals surface area contributed by atoms with Crippen LogP contribution in [0.25, 0.3) is 0 Å². The number of carbonyl (C=O) groups excluding carboxylic acids is 3. The Labute approximate surface area is 175 Å². The van der Waals surface area contributed by atoms with Crippen molar-refractivity contribution >= 4 is 41.0 Å². The highest BCUT2D eigenvalue weighted by atomic mass is 35.5. The van der Waals surface area contributed by atoms with Gasteiger partial charge < -0.3 is 15.4 Å². The van der Waals surface area contributed by atoms with Crippen LogP contribution < -0.4 is 10.6 Å². The van der Waals surface area contributed by atoms with Crippen molar-refractivity contribution in [3.8, 4) is 6.07 Å². The van der Waals surface area contributed by atoms with Gasteiger partial charge in [0.1, 0.15) is 19.0 Å². The van der Waals surface area contributed by atoms with Gasteiger partial charge in [0, 0.05) is 10.6 Å². The van der Waals surface area contributed by atoms with Gasteiger partial charge in [-0.3, -0.25) is 14.4 Å². The Morgan fingerprint density at radius 1 is 1.07 bits per heavy atom. The largest absolute Gasteiger partial charge is 0.459 e. The zero-order chi connectivity index (χ0) is 21.4. The molecule has 29 heavy (non-hydrogen) atoms. The summed E-state index contributed by atoms with van der Waals surface area (Å²) in [6, 6.07) is 9.79. The number of hydrogen-bond acceptors (Lipinski definition) is 5. The maximum absolute atomic E-state index is 13.6. The van der Waals surface area contributed by atoms with Crippen molar-refractivity contribution in [2.75, 3.05) is 13.1 Å². The monoisotopic (exact) mass is 437 g/mol. The van der Waals surface area contributed by atoms with E-state index in [0.717, 1.165) is 6.07 Å². The van der Waals surface area contributed by atoms with Crippen molar-refractivity contribution in [1.29, 1.82) is 5.26 Å². The fourth-order valence-corrected chi connectivity index (χ4v) is 2.62. The van der Waals surface area contributed by atoms with Crippen LogP contribution in [-0.2, 0) is 20.9 Å². The smallest absolute Gasteiger partial charge is 0.325 e. The van der Waals surface area contributed by atoms with Crippen molar-refractivity contribution in [3.63, 3.8) is 0 Å². The zero-order valence-corrected chi connectivity index (χ0v) is 16.3. The number of nitriles is 1. The van der Waals surface area contributed by atoms with Crippen molar-refractivity contribution in [2.24, 2.45) is 0 Å². The first-order valence-corrected chi connectivity index (χ1v) is 8.90. The van der Waals surface area contributed by atoms with Gasteiger partial charge in [-0.05, 0) is 36.4 Å². The fraction of sp³-hybridized carbons (Fsp3) is 0.158. The van der Waals surface area contributed by atoms with Gasteiger partial charge in [0.05, 0.1) is 28.8 Å². The molecule has 0 aliphatic rings. The van der Waals surface area contributed by atoms with E-state index in [1.54, 1.807) is 0 Å². The summed E-state index contributed by atoms with van der Waals surface area (Å²) < 4.78 is 18.5. The first-order valence-electron chi connectivity index (χ1n) is 8.14. The van der Waals surface area contributed by atoms with E-state index in [-0.39, 0.29) is 28.3 Å². The lowest BCUT2D eigenvalue weighted by atomic mass is 10.1. The standard InChI is InChI=1S/C19H14Cl2FN3O4/c20-13-2-3-14(15(21)6-13)19(28)25-8-17(26)24-9-18(27)29-10-12-5-11(7-23)1-4-16(12)22/h1-6H,8-10H2,(H,24,26)(H,25,28). The second-order valence-corrected chi connectivity index (χ2v) is 6.51. The van der Waals surface area contributed by atoms with E-state index < -0.39 is 36.7 Å². The average Bonchev–Trinajstić information content (AvgIpc) is 2.69. The summed E-state index contributed by atoms with van der Waals surface area (Å²) in [6.07, 6.45) is 0. The predicted octanol–water partition coefficient (Wildman–Crippen LogP) is 2.59. The average molecular weight is 438 g/mol. The molecule has 0 heterocycles. The van der Waals surface area contributed by atoms with Gasteiger partial charge in [0.2, 0.25) is 5.91 Å². The Bertz CT molecular complexity index is 992. The Balaban J connectivity index is 1.75. The Hall–Kier alpha value is -3.15. The molecule has 0 spiro atoms. The van der Waals surface area contributed by atoms with Crippen LogP contribution >= 0.6 is 23.2 Å². The highest BCUT2D eigenvalue weighted by Gasteiger charge is 2.13. The SMILES string of the molecule is N#Cc1ccc(F)c(COC(=O)CNC(=O)CNC(=O)c2ccc(Cl)cc2Cl)c1. The van der Waals surface area contributed by atoms with Crippen LogP contribution in [0.15, 0.2) is 36.4 Å². The highest BCUT2D eigenvalue weighted by Crippen LogP contribution is 2.20. The molecule has 0 aliphatic heterocycles. The Morgan fingerprint density at radius 3 is 2.52 bits per heavy atom. The summed E-state index contributed by atoms with van der Waals surface area (Å²) in [5.74, 6) is -2.66. The number of benzene rings is 2. The molecule has 2 rings (SSSR count). The van der Waals surface area contributed by atoms with Crippen molar-refractivity contribution < 1.29 is 23.5 Å². The van der Waals surface area contributed by atoms with E-state index in [9.17, 15) is 18.8 Å². The molecule has 0 saturated carbocycles. The minimum Gasteiger partial charge on any atom is -0.459 e. The third-order valence-electron chi connectivity index (χ3n) is 3.58. The van der Waals surface area contributed by atoms with E-state index in [0.29, 0.717) is 5.02 Å². The normalized spacial score (nSPS) is 10.0. The molecule has 0 fully saturated rings. The summed E-state index contributed by atoms with van der Waals surface area (Å²) in [5, 5.41) is 13.9. The van der Waals surface area contributed by atoms with Crippen LogP contribution in [0.4, 0.5) is 4.39 Å². The van der Waals surface area contributed by atoms with Crippen molar-refractivity contribution in [3.05, 3.63) is 69.0 Å². The summed E-state index contributed by atoms with van der Waals surface area (Å²) in [7, 11) is 0. The number of ether oxygens (including phenoxy) is 1. The summed E-state index contributed by atoms with van der Waals surface area (Å²) in [6.45, 7) is -1.26. The van der Waals surface area contributed by atoms with Gasteiger partial charge in [0.25, 0.3) is 5.91 Å². The quantitative estimate of drug-likeness (QED) is 0.647. The molecule has 0 aromatic heterocycles. The zero-order valence-electron chi connectivity index (χ0n) is 14.8. The molecule has 7 nitrogen and oxygen atoms in total. The first-order chi connectivity index (χ1) is 13.8. The molecule has 0 unspecified atom stereocenters. The molecule has 2 aromatic rings. The maximum atomic E-state index is 13.6. The topological polar surface area (TPSA) is 108 Å². The maximum Gasteiger partial charge on any atom is 0.325 e. The van der Waals surface area contributed by atoms with Gasteiger partial charge in [-0.15, -0.1) is 0 Å². The molecule has 0 saturated heterocycles. The molecular weight excluding hydrogens is 424 g/mol. The van der Waals surface area contributed by atoms with E-state index in [1.165, 1.54) is 30.3 Å². The van der Waals surface area contributed by atoms with Crippen LogP contribution in [0.2, 0.25) is 10.0 Å². The molecule has 0 aliphatic carbocycles. The fourth-order valence-electron chi connectivity index (χ4n) is 2.13. The van der Waals surface area contributed by atoms with Crippen LogP contribution in [-0.4, -0.2) is 30.9 Å². The third-order valence-corrected chi connectivity index (χ3v) is 4.13. The summed E-state index contributed by atoms with van der Waals surface area (Å²) in [4.78, 5) is 35.4. The molecular formula is C19H14Cl2FN3O4. The number of hydrogen-bond donors (Lipinski definition) is 2. The minimum absolute atomic E-state index is 0.0378. The van der Waals surface area contributed by atoms with E-state index in [2.05, 4.69) is 10.6 Å². The van der Waals surface area contributed by atoms with Crippen molar-refractivity contribution in [2.45, 2.75) is 6.61 Å². The molecule has 0 bridgehead atoms. The molecule has 10 heteroatoms. The summed E-state index contributed by atoms with van der Waals surface area (Å²) >= 11 is 11.7. The van der Waals surface area contributed by atoms with Gasteiger partial charge in [-0.1, -0.05) is 23.2 Å². The number of rotatable bonds is 7. The predicted molar refractivity (Wildman–Crippen MR) is 103 cm³/mol. The molecule has 0 atom stereocenters. The number of carbonyl (C=O) groups is 3. The molecule has 2 N–H and O–H groups in total. The number of halogens is 3. The molecule has 2 aromatic carbocycles.